The Morgan fingerprint density at radius 2 is 1.77 bits per heavy atom. The van der Waals surface area contributed by atoms with Crippen LogP contribution in [0.4, 0.5) is 5.82 Å². The van der Waals surface area contributed by atoms with E-state index in [0.29, 0.717) is 23.6 Å². The van der Waals surface area contributed by atoms with Gasteiger partial charge in [0.15, 0.2) is 3.95 Å². The number of benzene rings is 2. The van der Waals surface area contributed by atoms with Crippen molar-refractivity contribution in [3.63, 3.8) is 0 Å². The summed E-state index contributed by atoms with van der Waals surface area (Å²) in [6, 6.07) is 13.2. The molecule has 9 heteroatoms. The number of rotatable bonds is 2. The van der Waals surface area contributed by atoms with Gasteiger partial charge in [0, 0.05) is 5.69 Å². The van der Waals surface area contributed by atoms with E-state index in [1.54, 1.807) is 12.1 Å². The van der Waals surface area contributed by atoms with Gasteiger partial charge in [0.25, 0.3) is 5.91 Å². The quantitative estimate of drug-likeness (QED) is 0.405. The summed E-state index contributed by atoms with van der Waals surface area (Å²) in [4.78, 5) is 13.2. The molecule has 2 aromatic carbocycles. The van der Waals surface area contributed by atoms with Crippen LogP contribution in [0.25, 0.3) is 5.69 Å². The van der Waals surface area contributed by atoms with Crippen molar-refractivity contribution in [3.05, 3.63) is 65.8 Å². The van der Waals surface area contributed by atoms with Gasteiger partial charge in [0.1, 0.15) is 22.6 Å². The minimum Gasteiger partial charge on any atom is -0.506 e. The number of thiazole rings is 1. The lowest BCUT2D eigenvalue weighted by molar-refractivity contribution is 0.0939. The Bertz CT molecular complexity index is 1060. The number of anilines is 1. The maximum atomic E-state index is 12.6. The van der Waals surface area contributed by atoms with Crippen LogP contribution >= 0.6 is 55.4 Å². The Hall–Kier alpha value is -1.68. The zero-order valence-electron chi connectivity index (χ0n) is 13.0. The van der Waals surface area contributed by atoms with Gasteiger partial charge < -0.3 is 15.7 Å². The molecule has 5 nitrogen and oxygen atoms in total. The van der Waals surface area contributed by atoms with E-state index in [1.807, 2.05) is 34.9 Å². The molecule has 0 aliphatic carbocycles. The molecule has 0 unspecified atom stereocenters. The Morgan fingerprint density at radius 1 is 1.12 bits per heavy atom. The number of amides is 1. The second kappa shape index (κ2) is 6.80. The summed E-state index contributed by atoms with van der Waals surface area (Å²) in [5.74, 6) is 0.592. The molecule has 0 saturated heterocycles. The van der Waals surface area contributed by atoms with Crippen molar-refractivity contribution in [2.24, 2.45) is 0 Å². The summed E-state index contributed by atoms with van der Waals surface area (Å²) in [5, 5.41) is 16.2. The van der Waals surface area contributed by atoms with Gasteiger partial charge in [-0.25, -0.2) is 0 Å². The van der Waals surface area contributed by atoms with E-state index in [9.17, 15) is 9.90 Å². The largest absolute Gasteiger partial charge is 0.506 e. The number of aromatic nitrogens is 1. The molecule has 1 atom stereocenters. The molecule has 1 aliphatic heterocycles. The highest BCUT2D eigenvalue weighted by molar-refractivity contribution is 9.11. The van der Waals surface area contributed by atoms with Gasteiger partial charge in [0.2, 0.25) is 0 Å². The average Bonchev–Trinajstić information content (AvgIpc) is 2.96. The van der Waals surface area contributed by atoms with Gasteiger partial charge in [-0.3, -0.25) is 9.36 Å². The summed E-state index contributed by atoms with van der Waals surface area (Å²) >= 11 is 13.4. The number of carbonyl (C=O) groups is 1. The second-order valence-corrected chi connectivity index (χ2v) is 8.95. The lowest BCUT2D eigenvalue weighted by atomic mass is 10.1. The molecule has 0 spiro atoms. The van der Waals surface area contributed by atoms with Crippen LogP contribution in [0.1, 0.15) is 21.4 Å². The third kappa shape index (κ3) is 2.98. The second-order valence-electron chi connectivity index (χ2n) is 5.60. The standard InChI is InChI=1S/C17H11Br2N3O2S2/c18-10-6-8(7-11(19)12(10)23)14-20-15-13(16(24)21-14)26-17(25)22(15)9-4-2-1-3-5-9/h1-7,14,20,23H,(H,21,24)/t14-/m0/s1. The fraction of sp³-hybridized carbons (Fsp3) is 0.0588. The molecular weight excluding hydrogens is 502 g/mol. The summed E-state index contributed by atoms with van der Waals surface area (Å²) in [6.45, 7) is 0. The number of phenols is 1. The van der Waals surface area contributed by atoms with Gasteiger partial charge >= 0.3 is 0 Å². The molecule has 3 N–H and O–H groups in total. The summed E-state index contributed by atoms with van der Waals surface area (Å²) < 4.78 is 3.53. The van der Waals surface area contributed by atoms with Crippen molar-refractivity contribution in [1.29, 1.82) is 0 Å². The fourth-order valence-electron chi connectivity index (χ4n) is 2.76. The highest BCUT2D eigenvalue weighted by Gasteiger charge is 2.30. The van der Waals surface area contributed by atoms with Crippen LogP contribution in [0.2, 0.25) is 0 Å². The lowest BCUT2D eigenvalue weighted by Crippen LogP contribution is -2.38. The van der Waals surface area contributed by atoms with E-state index in [2.05, 4.69) is 42.5 Å². The van der Waals surface area contributed by atoms with Crippen molar-refractivity contribution < 1.29 is 9.90 Å². The van der Waals surface area contributed by atoms with E-state index in [1.165, 1.54) is 11.3 Å². The first-order valence-electron chi connectivity index (χ1n) is 7.52. The van der Waals surface area contributed by atoms with Crippen molar-refractivity contribution in [2.75, 3.05) is 5.32 Å². The number of carbonyl (C=O) groups excluding carboxylic acids is 1. The number of para-hydroxylation sites is 1. The van der Waals surface area contributed by atoms with Crippen molar-refractivity contribution in [1.82, 2.24) is 9.88 Å². The first-order valence-corrected chi connectivity index (χ1v) is 10.3. The SMILES string of the molecule is O=C1N[C@@H](c2cc(Br)c(O)c(Br)c2)Nc2c1sc(=S)n2-c1ccccc1. The minimum atomic E-state index is -0.456. The number of hydrogen-bond acceptors (Lipinski definition) is 5. The maximum Gasteiger partial charge on any atom is 0.267 e. The smallest absolute Gasteiger partial charge is 0.267 e. The van der Waals surface area contributed by atoms with Crippen molar-refractivity contribution >= 4 is 67.1 Å². The molecule has 1 aliphatic rings. The molecule has 26 heavy (non-hydrogen) atoms. The predicted octanol–water partition coefficient (Wildman–Crippen LogP) is 5.35. The monoisotopic (exact) mass is 511 g/mol. The van der Waals surface area contributed by atoms with Crippen LogP contribution in [0.5, 0.6) is 5.75 Å². The zero-order chi connectivity index (χ0) is 18.4. The number of nitrogens with zero attached hydrogens (tertiary/aromatic N) is 1. The molecule has 132 valence electrons. The Morgan fingerprint density at radius 3 is 2.42 bits per heavy atom. The zero-order valence-corrected chi connectivity index (χ0v) is 17.8. The molecule has 4 rings (SSSR count). The minimum absolute atomic E-state index is 0.110. The van der Waals surface area contributed by atoms with E-state index in [-0.39, 0.29) is 11.7 Å². The Kier molecular flexibility index (Phi) is 4.64. The normalized spacial score (nSPS) is 15.9. The van der Waals surface area contributed by atoms with Crippen LogP contribution < -0.4 is 10.6 Å². The van der Waals surface area contributed by atoms with E-state index in [0.717, 1.165) is 11.3 Å². The molecule has 0 radical (unpaired) electrons. The number of fused-ring (bicyclic) bond motifs is 1. The number of nitrogens with one attached hydrogen (secondary N) is 2. The number of aromatic hydroxyl groups is 1. The third-order valence-corrected chi connectivity index (χ3v) is 6.54. The average molecular weight is 513 g/mol. The van der Waals surface area contributed by atoms with Crippen molar-refractivity contribution in [2.45, 2.75) is 6.17 Å². The topological polar surface area (TPSA) is 66.3 Å². The van der Waals surface area contributed by atoms with Crippen LogP contribution in [0.15, 0.2) is 51.4 Å². The number of hydrogen-bond donors (Lipinski definition) is 3. The molecule has 0 fully saturated rings. The first-order chi connectivity index (χ1) is 12.5. The fourth-order valence-corrected chi connectivity index (χ4v) is 5.29. The first kappa shape index (κ1) is 17.7. The number of halogens is 2. The Balaban J connectivity index is 1.82. The molecular formula is C17H11Br2N3O2S2. The molecule has 0 bridgehead atoms. The van der Waals surface area contributed by atoms with Crippen LogP contribution in [-0.4, -0.2) is 15.6 Å². The van der Waals surface area contributed by atoms with Gasteiger partial charge in [0.05, 0.1) is 8.95 Å². The summed E-state index contributed by atoms with van der Waals surface area (Å²) in [5.41, 5.74) is 1.68. The maximum absolute atomic E-state index is 12.6. The van der Waals surface area contributed by atoms with Gasteiger partial charge in [-0.2, -0.15) is 0 Å². The van der Waals surface area contributed by atoms with E-state index < -0.39 is 6.17 Å². The van der Waals surface area contributed by atoms with Gasteiger partial charge in [-0.05, 0) is 73.9 Å². The highest BCUT2D eigenvalue weighted by Crippen LogP contribution is 2.38. The lowest BCUT2D eigenvalue weighted by Gasteiger charge is -2.27. The highest BCUT2D eigenvalue weighted by atomic mass is 79.9. The van der Waals surface area contributed by atoms with Gasteiger partial charge in [-0.1, -0.05) is 29.5 Å². The predicted molar refractivity (Wildman–Crippen MR) is 112 cm³/mol. The third-order valence-electron chi connectivity index (χ3n) is 3.96. The summed E-state index contributed by atoms with van der Waals surface area (Å²) in [7, 11) is 0. The molecule has 1 amide bonds. The van der Waals surface area contributed by atoms with Crippen LogP contribution in [0, 0.1) is 3.95 Å². The van der Waals surface area contributed by atoms with E-state index >= 15 is 0 Å². The van der Waals surface area contributed by atoms with Crippen LogP contribution in [-0.2, 0) is 0 Å². The molecule has 3 aromatic rings. The molecule has 0 saturated carbocycles. The van der Waals surface area contributed by atoms with E-state index in [4.69, 9.17) is 12.2 Å². The Labute approximate surface area is 174 Å². The molecule has 2 heterocycles. The van der Waals surface area contributed by atoms with Crippen LogP contribution in [0.3, 0.4) is 0 Å². The van der Waals surface area contributed by atoms with Crippen molar-refractivity contribution in [3.8, 4) is 11.4 Å². The number of phenolic OH excluding ortho intramolecular Hbond substituents is 1. The van der Waals surface area contributed by atoms with Gasteiger partial charge in [-0.15, -0.1) is 0 Å². The summed E-state index contributed by atoms with van der Waals surface area (Å²) in [6.07, 6.45) is -0.456. The molecule has 1 aromatic heterocycles.